The number of carbonyl (C=O) groups is 1. The Hall–Kier alpha value is -2.55. The molecule has 9 heteroatoms. The Balaban J connectivity index is 1.58. The van der Waals surface area contributed by atoms with Crippen molar-refractivity contribution < 1.29 is 18.3 Å². The molecular formula is C15H17F2N5O2. The Kier molecular flexibility index (Phi) is 4.70. The molecule has 1 aliphatic rings. The van der Waals surface area contributed by atoms with Crippen LogP contribution in [0, 0.1) is 11.6 Å². The van der Waals surface area contributed by atoms with Crippen LogP contribution in [0.4, 0.5) is 13.6 Å². The first-order valence-corrected chi connectivity index (χ1v) is 7.47. The molecule has 0 radical (unpaired) electrons. The van der Waals surface area contributed by atoms with E-state index in [2.05, 4.69) is 15.5 Å². The quantitative estimate of drug-likeness (QED) is 0.918. The van der Waals surface area contributed by atoms with Crippen LogP contribution in [-0.4, -0.2) is 45.4 Å². The van der Waals surface area contributed by atoms with Crippen molar-refractivity contribution in [3.05, 3.63) is 47.5 Å². The fourth-order valence-electron chi connectivity index (χ4n) is 2.51. The Labute approximate surface area is 137 Å². The second kappa shape index (κ2) is 6.91. The zero-order valence-corrected chi connectivity index (χ0v) is 13.1. The topological polar surface area (TPSA) is 72.3 Å². The van der Waals surface area contributed by atoms with Gasteiger partial charge >= 0.3 is 6.03 Å². The molecule has 1 aromatic heterocycles. The van der Waals surface area contributed by atoms with Gasteiger partial charge in [-0.05, 0) is 17.7 Å². The van der Waals surface area contributed by atoms with Crippen LogP contribution in [0.2, 0.25) is 0 Å². The molecule has 2 heterocycles. The van der Waals surface area contributed by atoms with Crippen molar-refractivity contribution in [1.29, 1.82) is 0 Å². The summed E-state index contributed by atoms with van der Waals surface area (Å²) in [6, 6.07) is 3.24. The molecule has 1 aliphatic heterocycles. The lowest BCUT2D eigenvalue weighted by Crippen LogP contribution is -2.47. The largest absolute Gasteiger partial charge is 0.366 e. The highest BCUT2D eigenvalue weighted by molar-refractivity contribution is 5.74. The minimum atomic E-state index is -0.935. The van der Waals surface area contributed by atoms with Crippen LogP contribution in [0.15, 0.2) is 24.5 Å². The maximum absolute atomic E-state index is 13.2. The molecule has 0 spiro atoms. The van der Waals surface area contributed by atoms with E-state index in [0.717, 1.165) is 12.1 Å². The number of carbonyl (C=O) groups excluding carboxylic acids is 1. The maximum Gasteiger partial charge on any atom is 0.317 e. The summed E-state index contributed by atoms with van der Waals surface area (Å²) in [5.41, 5.74) is 0.486. The second-order valence-electron chi connectivity index (χ2n) is 5.51. The smallest absolute Gasteiger partial charge is 0.317 e. The minimum Gasteiger partial charge on any atom is -0.366 e. The lowest BCUT2D eigenvalue weighted by molar-refractivity contribution is -0.0214. The van der Waals surface area contributed by atoms with Crippen molar-refractivity contribution in [3.8, 4) is 0 Å². The number of nitrogens with zero attached hydrogens (tertiary/aromatic N) is 4. The Morgan fingerprint density at radius 1 is 1.42 bits per heavy atom. The number of rotatable bonds is 3. The molecule has 0 saturated carbocycles. The molecule has 2 aromatic rings. The van der Waals surface area contributed by atoms with Gasteiger partial charge in [0.1, 0.15) is 12.4 Å². The number of aromatic nitrogens is 3. The van der Waals surface area contributed by atoms with Crippen molar-refractivity contribution in [2.24, 2.45) is 7.05 Å². The van der Waals surface area contributed by atoms with E-state index in [1.807, 2.05) is 0 Å². The Bertz CT molecular complexity index is 736. The first-order chi connectivity index (χ1) is 11.5. The molecule has 0 unspecified atom stereocenters. The van der Waals surface area contributed by atoms with Crippen molar-refractivity contribution >= 4 is 6.03 Å². The molecule has 1 saturated heterocycles. The van der Waals surface area contributed by atoms with Crippen LogP contribution in [0.5, 0.6) is 0 Å². The van der Waals surface area contributed by atoms with Gasteiger partial charge in [-0.3, -0.25) is 0 Å². The molecule has 7 nitrogen and oxygen atoms in total. The van der Waals surface area contributed by atoms with Crippen LogP contribution < -0.4 is 5.32 Å². The van der Waals surface area contributed by atoms with Gasteiger partial charge in [0.25, 0.3) is 0 Å². The number of benzene rings is 1. The van der Waals surface area contributed by atoms with E-state index in [-0.39, 0.29) is 18.7 Å². The standard InChI is InChI=1S/C15H17F2N5O2/c1-21-9-19-20-14(21)13-8-22(4-5-24-13)15(23)18-7-10-2-3-11(16)12(17)6-10/h2-3,6,9,13H,4-5,7-8H2,1H3,(H,18,23)/t13-/m0/s1. The van der Waals surface area contributed by atoms with Crippen LogP contribution in [0.25, 0.3) is 0 Å². The zero-order valence-electron chi connectivity index (χ0n) is 13.1. The average Bonchev–Trinajstić information content (AvgIpc) is 3.02. The summed E-state index contributed by atoms with van der Waals surface area (Å²) in [7, 11) is 1.81. The molecular weight excluding hydrogens is 320 g/mol. The van der Waals surface area contributed by atoms with Gasteiger partial charge in [-0.1, -0.05) is 6.07 Å². The van der Waals surface area contributed by atoms with E-state index in [0.29, 0.717) is 31.1 Å². The van der Waals surface area contributed by atoms with Gasteiger partial charge in [0, 0.05) is 20.1 Å². The van der Waals surface area contributed by atoms with Crippen molar-refractivity contribution in [2.45, 2.75) is 12.6 Å². The monoisotopic (exact) mass is 337 g/mol. The number of urea groups is 1. The third-order valence-electron chi connectivity index (χ3n) is 3.82. The molecule has 0 aliphatic carbocycles. The SMILES string of the molecule is Cn1cnnc1[C@@H]1CN(C(=O)NCc2ccc(F)c(F)c2)CCO1. The minimum absolute atomic E-state index is 0.113. The third-order valence-corrected chi connectivity index (χ3v) is 3.82. The van der Waals surface area contributed by atoms with Crippen LogP contribution >= 0.6 is 0 Å². The number of morpholine rings is 1. The summed E-state index contributed by atoms with van der Waals surface area (Å²) in [4.78, 5) is 13.9. The molecule has 3 rings (SSSR count). The third kappa shape index (κ3) is 3.51. The highest BCUT2D eigenvalue weighted by Crippen LogP contribution is 2.19. The predicted molar refractivity (Wildman–Crippen MR) is 79.9 cm³/mol. The van der Waals surface area contributed by atoms with Crippen molar-refractivity contribution in [1.82, 2.24) is 25.0 Å². The normalized spacial score (nSPS) is 17.8. The highest BCUT2D eigenvalue weighted by atomic mass is 19.2. The van der Waals surface area contributed by atoms with Crippen molar-refractivity contribution in [2.75, 3.05) is 19.7 Å². The first-order valence-electron chi connectivity index (χ1n) is 7.47. The van der Waals surface area contributed by atoms with Gasteiger partial charge in [-0.15, -0.1) is 10.2 Å². The summed E-state index contributed by atoms with van der Waals surface area (Å²) >= 11 is 0. The summed E-state index contributed by atoms with van der Waals surface area (Å²) in [5.74, 6) is -1.20. The molecule has 0 bridgehead atoms. The zero-order chi connectivity index (χ0) is 17.1. The summed E-state index contributed by atoms with van der Waals surface area (Å²) < 4.78 is 33.5. The van der Waals surface area contributed by atoms with E-state index in [9.17, 15) is 13.6 Å². The number of halogens is 2. The second-order valence-corrected chi connectivity index (χ2v) is 5.51. The summed E-state index contributed by atoms with van der Waals surface area (Å²) in [6.45, 7) is 1.28. The Morgan fingerprint density at radius 2 is 2.25 bits per heavy atom. The molecule has 24 heavy (non-hydrogen) atoms. The molecule has 128 valence electrons. The summed E-state index contributed by atoms with van der Waals surface area (Å²) in [5, 5.41) is 10.5. The maximum atomic E-state index is 13.2. The van der Waals surface area contributed by atoms with Gasteiger partial charge in [-0.2, -0.15) is 0 Å². The molecule has 1 aromatic carbocycles. The van der Waals surface area contributed by atoms with E-state index in [1.54, 1.807) is 22.8 Å². The van der Waals surface area contributed by atoms with Crippen LogP contribution in [0.3, 0.4) is 0 Å². The van der Waals surface area contributed by atoms with Crippen molar-refractivity contribution in [3.63, 3.8) is 0 Å². The predicted octanol–water partition coefficient (Wildman–Crippen LogP) is 1.38. The van der Waals surface area contributed by atoms with Gasteiger partial charge in [0.15, 0.2) is 17.5 Å². The number of hydrogen-bond donors (Lipinski definition) is 1. The van der Waals surface area contributed by atoms with Gasteiger partial charge in [-0.25, -0.2) is 13.6 Å². The van der Waals surface area contributed by atoms with Gasteiger partial charge < -0.3 is 19.5 Å². The lowest BCUT2D eigenvalue weighted by Gasteiger charge is -2.32. The highest BCUT2D eigenvalue weighted by Gasteiger charge is 2.28. The van der Waals surface area contributed by atoms with E-state index in [4.69, 9.17) is 4.74 Å². The molecule has 1 atom stereocenters. The molecule has 1 N–H and O–H groups in total. The number of hydrogen-bond acceptors (Lipinski definition) is 4. The number of ether oxygens (including phenoxy) is 1. The van der Waals surface area contributed by atoms with Crippen LogP contribution in [-0.2, 0) is 18.3 Å². The van der Waals surface area contributed by atoms with Crippen LogP contribution in [0.1, 0.15) is 17.5 Å². The molecule has 2 amide bonds. The van der Waals surface area contributed by atoms with Gasteiger partial charge in [0.2, 0.25) is 0 Å². The fraction of sp³-hybridized carbons (Fsp3) is 0.400. The van der Waals surface area contributed by atoms with Gasteiger partial charge in [0.05, 0.1) is 13.2 Å². The van der Waals surface area contributed by atoms with E-state index >= 15 is 0 Å². The number of amides is 2. The number of nitrogens with one attached hydrogen (secondary N) is 1. The molecule has 1 fully saturated rings. The fourth-order valence-corrected chi connectivity index (χ4v) is 2.51. The first kappa shape index (κ1) is 16.3. The Morgan fingerprint density at radius 3 is 2.96 bits per heavy atom. The summed E-state index contributed by atoms with van der Waals surface area (Å²) in [6.07, 6.45) is 1.22. The van der Waals surface area contributed by atoms with E-state index < -0.39 is 11.6 Å². The van der Waals surface area contributed by atoms with E-state index in [1.165, 1.54) is 6.07 Å². The average molecular weight is 337 g/mol. The lowest BCUT2D eigenvalue weighted by atomic mass is 10.2. The number of aryl methyl sites for hydroxylation is 1.